The summed E-state index contributed by atoms with van der Waals surface area (Å²) in [6.07, 6.45) is 1.41. The number of halogens is 2. The summed E-state index contributed by atoms with van der Waals surface area (Å²) in [5, 5.41) is 8.18. The van der Waals surface area contributed by atoms with Crippen molar-refractivity contribution in [3.8, 4) is 0 Å². The predicted octanol–water partition coefficient (Wildman–Crippen LogP) is 2.09. The van der Waals surface area contributed by atoms with Gasteiger partial charge >= 0.3 is 0 Å². The van der Waals surface area contributed by atoms with E-state index in [9.17, 15) is 0 Å². The molecule has 0 aromatic carbocycles. The SMILES string of the molecule is Cc1nncc(Cl)c1Cl. The molecule has 1 aromatic rings. The van der Waals surface area contributed by atoms with Crippen LogP contribution in [0.3, 0.4) is 0 Å². The fourth-order valence-corrected chi connectivity index (χ4v) is 0.707. The van der Waals surface area contributed by atoms with Gasteiger partial charge in [-0.15, -0.1) is 0 Å². The first-order chi connectivity index (χ1) is 4.22. The highest BCUT2D eigenvalue weighted by Crippen LogP contribution is 2.21. The van der Waals surface area contributed by atoms with Crippen LogP contribution in [-0.2, 0) is 0 Å². The molecule has 0 spiro atoms. The summed E-state index contributed by atoms with van der Waals surface area (Å²) >= 11 is 11.2. The van der Waals surface area contributed by atoms with Crippen LogP contribution in [0.15, 0.2) is 6.20 Å². The summed E-state index contributed by atoms with van der Waals surface area (Å²) in [6, 6.07) is 0. The van der Waals surface area contributed by atoms with E-state index in [1.165, 1.54) is 6.20 Å². The second-order valence-electron chi connectivity index (χ2n) is 1.59. The van der Waals surface area contributed by atoms with Crippen LogP contribution in [0.5, 0.6) is 0 Å². The van der Waals surface area contributed by atoms with Crippen LogP contribution in [0.2, 0.25) is 10.0 Å². The van der Waals surface area contributed by atoms with Gasteiger partial charge in [0.15, 0.2) is 0 Å². The first-order valence-corrected chi connectivity index (χ1v) is 3.10. The molecule has 0 aliphatic heterocycles. The topological polar surface area (TPSA) is 25.8 Å². The molecule has 2 nitrogen and oxygen atoms in total. The minimum absolute atomic E-state index is 0.448. The molecule has 0 radical (unpaired) electrons. The van der Waals surface area contributed by atoms with Crippen molar-refractivity contribution in [2.24, 2.45) is 0 Å². The molecule has 0 saturated carbocycles. The number of nitrogens with zero attached hydrogens (tertiary/aromatic N) is 2. The van der Waals surface area contributed by atoms with E-state index < -0.39 is 0 Å². The predicted molar refractivity (Wildman–Crippen MR) is 36.8 cm³/mol. The molecular formula is C5H4Cl2N2. The van der Waals surface area contributed by atoms with E-state index in [0.29, 0.717) is 15.7 Å². The highest BCUT2D eigenvalue weighted by Gasteiger charge is 1.99. The lowest BCUT2D eigenvalue weighted by atomic mass is 10.4. The lowest BCUT2D eigenvalue weighted by molar-refractivity contribution is 0.981. The zero-order chi connectivity index (χ0) is 6.85. The monoisotopic (exact) mass is 162 g/mol. The van der Waals surface area contributed by atoms with Gasteiger partial charge in [-0.1, -0.05) is 23.2 Å². The quantitative estimate of drug-likeness (QED) is 0.585. The van der Waals surface area contributed by atoms with Gasteiger partial charge < -0.3 is 0 Å². The van der Waals surface area contributed by atoms with Crippen molar-refractivity contribution in [3.63, 3.8) is 0 Å². The van der Waals surface area contributed by atoms with E-state index in [1.807, 2.05) is 0 Å². The van der Waals surface area contributed by atoms with E-state index in [-0.39, 0.29) is 0 Å². The Kier molecular flexibility index (Phi) is 1.88. The molecule has 0 saturated heterocycles. The van der Waals surface area contributed by atoms with Crippen LogP contribution in [0.4, 0.5) is 0 Å². The van der Waals surface area contributed by atoms with Crippen LogP contribution in [-0.4, -0.2) is 10.2 Å². The standard InChI is InChI=1S/C5H4Cl2N2/c1-3-5(7)4(6)2-8-9-3/h2H,1H3. The largest absolute Gasteiger partial charge is 0.157 e. The second kappa shape index (κ2) is 2.50. The number of aromatic nitrogens is 2. The first-order valence-electron chi connectivity index (χ1n) is 2.35. The summed E-state index contributed by atoms with van der Waals surface area (Å²) in [5.74, 6) is 0. The van der Waals surface area contributed by atoms with E-state index in [0.717, 1.165) is 0 Å². The first kappa shape index (κ1) is 6.78. The average molecular weight is 163 g/mol. The van der Waals surface area contributed by atoms with Gasteiger partial charge in [-0.05, 0) is 6.92 Å². The maximum atomic E-state index is 5.64. The van der Waals surface area contributed by atoms with E-state index in [4.69, 9.17) is 23.2 Å². The summed E-state index contributed by atoms with van der Waals surface area (Å²) in [5.41, 5.74) is 0.657. The third kappa shape index (κ3) is 1.32. The van der Waals surface area contributed by atoms with Gasteiger partial charge in [-0.3, -0.25) is 0 Å². The molecule has 1 rings (SSSR count). The molecule has 1 aromatic heterocycles. The van der Waals surface area contributed by atoms with Crippen LogP contribution < -0.4 is 0 Å². The third-order valence-corrected chi connectivity index (χ3v) is 1.77. The summed E-state index contributed by atoms with van der Waals surface area (Å²) < 4.78 is 0. The Morgan fingerprint density at radius 1 is 1.44 bits per heavy atom. The maximum absolute atomic E-state index is 5.64. The van der Waals surface area contributed by atoms with Crippen molar-refractivity contribution >= 4 is 23.2 Å². The van der Waals surface area contributed by atoms with Crippen LogP contribution in [0, 0.1) is 6.92 Å². The minimum atomic E-state index is 0.448. The van der Waals surface area contributed by atoms with Gasteiger partial charge in [0.2, 0.25) is 0 Å². The molecular weight excluding hydrogens is 159 g/mol. The van der Waals surface area contributed by atoms with Crippen molar-refractivity contribution in [1.29, 1.82) is 0 Å². The molecule has 0 aliphatic carbocycles. The van der Waals surface area contributed by atoms with Gasteiger partial charge in [-0.2, -0.15) is 10.2 Å². The Hall–Kier alpha value is -0.340. The van der Waals surface area contributed by atoms with E-state index in [1.54, 1.807) is 6.92 Å². The zero-order valence-corrected chi connectivity index (χ0v) is 6.24. The smallest absolute Gasteiger partial charge is 0.0839 e. The minimum Gasteiger partial charge on any atom is -0.157 e. The summed E-state index contributed by atoms with van der Waals surface area (Å²) in [4.78, 5) is 0. The Bertz CT molecular complexity index is 204. The van der Waals surface area contributed by atoms with Gasteiger partial charge in [0.05, 0.1) is 21.9 Å². The second-order valence-corrected chi connectivity index (χ2v) is 2.38. The molecule has 1 heterocycles. The van der Waals surface area contributed by atoms with Crippen LogP contribution in [0.25, 0.3) is 0 Å². The molecule has 0 atom stereocenters. The van der Waals surface area contributed by atoms with Gasteiger partial charge in [0.25, 0.3) is 0 Å². The Morgan fingerprint density at radius 2 is 2.11 bits per heavy atom. The molecule has 48 valence electrons. The normalized spacial score (nSPS) is 9.67. The van der Waals surface area contributed by atoms with Crippen molar-refractivity contribution < 1.29 is 0 Å². The van der Waals surface area contributed by atoms with Crippen molar-refractivity contribution in [2.45, 2.75) is 6.92 Å². The summed E-state index contributed by atoms with van der Waals surface area (Å²) in [6.45, 7) is 1.75. The molecule has 0 bridgehead atoms. The van der Waals surface area contributed by atoms with Crippen molar-refractivity contribution in [1.82, 2.24) is 10.2 Å². The number of aryl methyl sites for hydroxylation is 1. The molecule has 0 aliphatic rings. The lowest BCUT2D eigenvalue weighted by Gasteiger charge is -1.93. The number of rotatable bonds is 0. The Balaban J connectivity index is 3.25. The third-order valence-electron chi connectivity index (χ3n) is 0.906. The van der Waals surface area contributed by atoms with Crippen LogP contribution >= 0.6 is 23.2 Å². The summed E-state index contributed by atoms with van der Waals surface area (Å²) in [7, 11) is 0. The highest BCUT2D eigenvalue weighted by atomic mass is 35.5. The molecule has 9 heavy (non-hydrogen) atoms. The van der Waals surface area contributed by atoms with E-state index in [2.05, 4.69) is 10.2 Å². The fourth-order valence-electron chi connectivity index (χ4n) is 0.440. The number of hydrogen-bond donors (Lipinski definition) is 0. The zero-order valence-electron chi connectivity index (χ0n) is 4.73. The van der Waals surface area contributed by atoms with Gasteiger partial charge in [0.1, 0.15) is 0 Å². The Morgan fingerprint density at radius 3 is 2.56 bits per heavy atom. The molecule has 0 amide bonds. The molecule has 0 N–H and O–H groups in total. The van der Waals surface area contributed by atoms with Crippen molar-refractivity contribution in [3.05, 3.63) is 21.9 Å². The maximum Gasteiger partial charge on any atom is 0.0839 e. The van der Waals surface area contributed by atoms with Crippen LogP contribution in [0.1, 0.15) is 5.69 Å². The molecule has 0 fully saturated rings. The fraction of sp³-hybridized carbons (Fsp3) is 0.200. The van der Waals surface area contributed by atoms with Crippen molar-refractivity contribution in [2.75, 3.05) is 0 Å². The lowest BCUT2D eigenvalue weighted by Crippen LogP contribution is -1.85. The molecule has 4 heteroatoms. The van der Waals surface area contributed by atoms with Gasteiger partial charge in [0, 0.05) is 0 Å². The Labute approximate surface area is 62.8 Å². The number of hydrogen-bond acceptors (Lipinski definition) is 2. The van der Waals surface area contributed by atoms with E-state index >= 15 is 0 Å². The average Bonchev–Trinajstić information content (AvgIpc) is 1.83. The molecule has 0 unspecified atom stereocenters. The van der Waals surface area contributed by atoms with Gasteiger partial charge in [-0.25, -0.2) is 0 Å². The highest BCUT2D eigenvalue weighted by molar-refractivity contribution is 6.42.